The third-order valence-electron chi connectivity index (χ3n) is 4.41. The maximum Gasteiger partial charge on any atom is 0.272 e. The van der Waals surface area contributed by atoms with E-state index in [-0.39, 0.29) is 0 Å². The van der Waals surface area contributed by atoms with Crippen LogP contribution in [-0.4, -0.2) is 59.0 Å². The number of alkyl halides is 2. The molecule has 1 fully saturated rings. The van der Waals surface area contributed by atoms with Crippen molar-refractivity contribution in [2.24, 2.45) is 10.9 Å². The number of hydrogen-bond donors (Lipinski definition) is 2. The second-order valence-corrected chi connectivity index (χ2v) is 6.69. The van der Waals surface area contributed by atoms with Gasteiger partial charge in [-0.1, -0.05) is 12.1 Å². The van der Waals surface area contributed by atoms with Crippen LogP contribution in [0, 0.1) is 5.92 Å². The number of nitrogens with one attached hydrogen (secondary N) is 2. The lowest BCUT2D eigenvalue weighted by molar-refractivity contribution is 0.0203. The van der Waals surface area contributed by atoms with Gasteiger partial charge in [-0.25, -0.2) is 8.78 Å². The van der Waals surface area contributed by atoms with Crippen LogP contribution in [0.3, 0.4) is 0 Å². The van der Waals surface area contributed by atoms with Gasteiger partial charge in [0.25, 0.3) is 6.43 Å². The van der Waals surface area contributed by atoms with E-state index >= 15 is 0 Å². The van der Waals surface area contributed by atoms with E-state index in [9.17, 15) is 8.78 Å². The summed E-state index contributed by atoms with van der Waals surface area (Å²) in [6, 6.07) is 7.09. The van der Waals surface area contributed by atoms with Crippen LogP contribution in [0.15, 0.2) is 29.3 Å². The molecule has 0 saturated carbocycles. The second kappa shape index (κ2) is 13.3. The summed E-state index contributed by atoms with van der Waals surface area (Å²) in [5.41, 5.74) is 0.925. The predicted octanol–water partition coefficient (Wildman–Crippen LogP) is 2.83. The van der Waals surface area contributed by atoms with Crippen LogP contribution >= 0.6 is 0 Å². The SMILES string of the molecule is CN=C(NCCCOCC1CCOCC1)NCc1cccc(OCC(F)F)c1. The van der Waals surface area contributed by atoms with Gasteiger partial charge in [0.1, 0.15) is 12.4 Å². The Morgan fingerprint density at radius 2 is 2.11 bits per heavy atom. The molecule has 0 radical (unpaired) electrons. The molecule has 2 rings (SSSR count). The number of halogens is 2. The lowest BCUT2D eigenvalue weighted by Gasteiger charge is -2.21. The van der Waals surface area contributed by atoms with Crippen LogP contribution in [0.4, 0.5) is 8.78 Å². The van der Waals surface area contributed by atoms with E-state index in [0.29, 0.717) is 30.8 Å². The van der Waals surface area contributed by atoms with Crippen molar-refractivity contribution in [3.8, 4) is 5.75 Å². The summed E-state index contributed by atoms with van der Waals surface area (Å²) in [7, 11) is 1.71. The summed E-state index contributed by atoms with van der Waals surface area (Å²) in [6.45, 7) is 3.89. The van der Waals surface area contributed by atoms with E-state index in [1.165, 1.54) is 0 Å². The van der Waals surface area contributed by atoms with Crippen LogP contribution < -0.4 is 15.4 Å². The third kappa shape index (κ3) is 9.32. The number of nitrogens with zero attached hydrogens (tertiary/aromatic N) is 1. The molecule has 0 bridgehead atoms. The smallest absolute Gasteiger partial charge is 0.272 e. The van der Waals surface area contributed by atoms with Gasteiger partial charge in [-0.2, -0.15) is 0 Å². The molecule has 8 heteroatoms. The highest BCUT2D eigenvalue weighted by molar-refractivity contribution is 5.79. The second-order valence-electron chi connectivity index (χ2n) is 6.69. The van der Waals surface area contributed by atoms with E-state index in [4.69, 9.17) is 14.2 Å². The Morgan fingerprint density at radius 1 is 1.29 bits per heavy atom. The molecule has 0 amide bonds. The largest absolute Gasteiger partial charge is 0.488 e. The molecule has 1 aromatic carbocycles. The van der Waals surface area contributed by atoms with Crippen molar-refractivity contribution < 1.29 is 23.0 Å². The van der Waals surface area contributed by atoms with Gasteiger partial charge in [-0.15, -0.1) is 0 Å². The molecule has 0 spiro atoms. The highest BCUT2D eigenvalue weighted by Crippen LogP contribution is 2.15. The summed E-state index contributed by atoms with van der Waals surface area (Å²) in [4.78, 5) is 4.19. The van der Waals surface area contributed by atoms with Gasteiger partial charge in [-0.05, 0) is 42.9 Å². The lowest BCUT2D eigenvalue weighted by Crippen LogP contribution is -2.37. The quantitative estimate of drug-likeness (QED) is 0.340. The molecule has 0 atom stereocenters. The monoisotopic (exact) mass is 399 g/mol. The summed E-state index contributed by atoms with van der Waals surface area (Å²) < 4.78 is 40.6. The Bertz CT molecular complexity index is 582. The number of guanidine groups is 1. The zero-order valence-corrected chi connectivity index (χ0v) is 16.5. The Kier molecular flexibility index (Phi) is 10.6. The van der Waals surface area contributed by atoms with Gasteiger partial charge in [-0.3, -0.25) is 4.99 Å². The summed E-state index contributed by atoms with van der Waals surface area (Å²) >= 11 is 0. The van der Waals surface area contributed by atoms with Gasteiger partial charge in [0.05, 0.1) is 0 Å². The summed E-state index contributed by atoms with van der Waals surface area (Å²) in [6.07, 6.45) is 0.582. The first-order chi connectivity index (χ1) is 13.7. The maximum absolute atomic E-state index is 12.2. The molecule has 6 nitrogen and oxygen atoms in total. The molecule has 0 unspecified atom stereocenters. The summed E-state index contributed by atoms with van der Waals surface area (Å²) in [5, 5.41) is 6.44. The number of benzene rings is 1. The Labute approximate surface area is 165 Å². The van der Waals surface area contributed by atoms with Gasteiger partial charge in [0.2, 0.25) is 0 Å². The zero-order valence-electron chi connectivity index (χ0n) is 16.5. The zero-order chi connectivity index (χ0) is 20.0. The standard InChI is InChI=1S/C20H31F2N3O3/c1-23-20(24-8-3-9-27-14-16-6-10-26-11-7-16)25-13-17-4-2-5-18(12-17)28-15-19(21)22/h2,4-5,12,16,19H,3,6-11,13-15H2,1H3,(H2,23,24,25). The van der Waals surface area contributed by atoms with Gasteiger partial charge < -0.3 is 24.8 Å². The molecule has 0 aromatic heterocycles. The molecule has 0 aliphatic carbocycles. The molecule has 1 aromatic rings. The van der Waals surface area contributed by atoms with Crippen molar-refractivity contribution >= 4 is 5.96 Å². The minimum absolute atomic E-state index is 0.434. The number of hydrogen-bond acceptors (Lipinski definition) is 4. The molecule has 158 valence electrons. The Hall–Kier alpha value is -1.93. The predicted molar refractivity (Wildman–Crippen MR) is 105 cm³/mol. The van der Waals surface area contributed by atoms with Crippen molar-refractivity contribution in [1.29, 1.82) is 0 Å². The Morgan fingerprint density at radius 3 is 2.86 bits per heavy atom. The van der Waals surface area contributed by atoms with Crippen LogP contribution in [-0.2, 0) is 16.0 Å². The van der Waals surface area contributed by atoms with Crippen molar-refractivity contribution in [3.63, 3.8) is 0 Å². The molecular weight excluding hydrogens is 368 g/mol. The molecule has 1 aliphatic rings. The lowest BCUT2D eigenvalue weighted by atomic mass is 10.0. The van der Waals surface area contributed by atoms with E-state index < -0.39 is 13.0 Å². The first-order valence-corrected chi connectivity index (χ1v) is 9.77. The average molecular weight is 399 g/mol. The fourth-order valence-electron chi connectivity index (χ4n) is 2.85. The third-order valence-corrected chi connectivity index (χ3v) is 4.41. The fraction of sp³-hybridized carbons (Fsp3) is 0.650. The van der Waals surface area contributed by atoms with E-state index in [0.717, 1.165) is 51.2 Å². The van der Waals surface area contributed by atoms with E-state index in [2.05, 4.69) is 15.6 Å². The maximum atomic E-state index is 12.2. The topological polar surface area (TPSA) is 64.1 Å². The van der Waals surface area contributed by atoms with Crippen molar-refractivity contribution in [1.82, 2.24) is 10.6 Å². The normalized spacial score (nSPS) is 15.6. The van der Waals surface area contributed by atoms with Gasteiger partial charge in [0.15, 0.2) is 5.96 Å². The molecular formula is C20H31F2N3O3. The minimum Gasteiger partial charge on any atom is -0.488 e. The molecule has 1 aliphatic heterocycles. The van der Waals surface area contributed by atoms with Crippen LogP contribution in [0.5, 0.6) is 5.75 Å². The van der Waals surface area contributed by atoms with E-state index in [1.807, 2.05) is 6.07 Å². The highest BCUT2D eigenvalue weighted by atomic mass is 19.3. The average Bonchev–Trinajstić information content (AvgIpc) is 2.72. The molecule has 2 N–H and O–H groups in total. The van der Waals surface area contributed by atoms with Crippen molar-refractivity contribution in [2.75, 3.05) is 46.6 Å². The molecule has 1 heterocycles. The Balaban J connectivity index is 1.58. The van der Waals surface area contributed by atoms with Crippen molar-refractivity contribution in [3.05, 3.63) is 29.8 Å². The first-order valence-electron chi connectivity index (χ1n) is 9.77. The highest BCUT2D eigenvalue weighted by Gasteiger charge is 2.13. The minimum atomic E-state index is -2.48. The van der Waals surface area contributed by atoms with Crippen LogP contribution in [0.2, 0.25) is 0 Å². The molecule has 1 saturated heterocycles. The van der Waals surface area contributed by atoms with E-state index in [1.54, 1.807) is 25.2 Å². The summed E-state index contributed by atoms with van der Waals surface area (Å²) in [5.74, 6) is 1.74. The molecule has 28 heavy (non-hydrogen) atoms. The van der Waals surface area contributed by atoms with Gasteiger partial charge >= 0.3 is 0 Å². The van der Waals surface area contributed by atoms with Gasteiger partial charge in [0, 0.05) is 46.6 Å². The van der Waals surface area contributed by atoms with Crippen LogP contribution in [0.1, 0.15) is 24.8 Å². The fourth-order valence-corrected chi connectivity index (χ4v) is 2.85. The first kappa shape index (κ1) is 22.4. The van der Waals surface area contributed by atoms with Crippen molar-refractivity contribution in [2.45, 2.75) is 32.2 Å². The van der Waals surface area contributed by atoms with Crippen LogP contribution in [0.25, 0.3) is 0 Å². The number of rotatable bonds is 11. The number of aliphatic imine (C=N–C) groups is 1. The number of ether oxygens (including phenoxy) is 3.